The topological polar surface area (TPSA) is 267 Å². The van der Waals surface area contributed by atoms with Crippen LogP contribution in [0.1, 0.15) is 278 Å². The van der Waals surface area contributed by atoms with Gasteiger partial charge >= 0.3 is 34.8 Å². The molecule has 0 amide bonds. The summed E-state index contributed by atoms with van der Waals surface area (Å²) in [6, 6.07) is 9.81. The van der Waals surface area contributed by atoms with Gasteiger partial charge in [0.1, 0.15) is 18.2 Å². The van der Waals surface area contributed by atoms with Crippen LogP contribution < -0.4 is 22.6 Å². The Morgan fingerprint density at radius 2 is 0.889 bits per heavy atom. The highest BCUT2D eigenvalue weighted by atomic mass is 16.5. The molecule has 24 atom stereocenters. The molecule has 0 spiro atoms. The van der Waals surface area contributed by atoms with E-state index < -0.39 is 23.2 Å². The Labute approximate surface area is 587 Å². The highest BCUT2D eigenvalue weighted by Gasteiger charge is 2.70. The molecule has 99 heavy (non-hydrogen) atoms. The van der Waals surface area contributed by atoms with Crippen LogP contribution in [0.2, 0.25) is 0 Å². The number of carboxylic acids is 1. The summed E-state index contributed by atoms with van der Waals surface area (Å²) in [4.78, 5) is 68.3. The molecule has 3 aromatic heterocycles. The van der Waals surface area contributed by atoms with E-state index in [1.54, 1.807) is 51.2 Å². The molecule has 0 unspecified atom stereocenters. The minimum absolute atomic E-state index is 0.0276. The number of carbonyl (C=O) groups excluding carboxylic acids is 2. The number of hydrogen-bond acceptors (Lipinski definition) is 15. The third-order valence-electron chi connectivity index (χ3n) is 30.9. The molecular formula is C83H119NO15. The Balaban J connectivity index is 0.000000136. The lowest BCUT2D eigenvalue weighted by Gasteiger charge is -2.63. The van der Waals surface area contributed by atoms with E-state index in [2.05, 4.69) is 47.6 Å². The number of fused-ring (bicyclic) bond motifs is 15. The van der Waals surface area contributed by atoms with Gasteiger partial charge in [-0.15, -0.1) is 0 Å². The van der Waals surface area contributed by atoms with E-state index in [9.17, 15) is 44.1 Å². The predicted molar refractivity (Wildman–Crippen MR) is 378 cm³/mol. The normalized spacial score (nSPS) is 43.2. The van der Waals surface area contributed by atoms with Gasteiger partial charge in [-0.05, 0) is 301 Å². The summed E-state index contributed by atoms with van der Waals surface area (Å²) in [5, 5.41) is 42.7. The van der Waals surface area contributed by atoms with Crippen molar-refractivity contribution in [3.8, 4) is 0 Å². The van der Waals surface area contributed by atoms with E-state index >= 15 is 0 Å². The third-order valence-corrected chi connectivity index (χ3v) is 30.9. The predicted octanol–water partition coefficient (Wildman–Crippen LogP) is 15.4. The number of allylic oxidation sites excluding steroid dienone is 2. The number of carbonyl (C=O) groups is 3. The molecule has 3 heterocycles. The summed E-state index contributed by atoms with van der Waals surface area (Å²) in [6.45, 7) is 23.2. The van der Waals surface area contributed by atoms with Gasteiger partial charge in [-0.25, -0.2) is 14.4 Å². The van der Waals surface area contributed by atoms with Crippen LogP contribution in [-0.4, -0.2) is 73.9 Å². The van der Waals surface area contributed by atoms with Crippen molar-refractivity contribution < 1.29 is 57.5 Å². The molecule has 3 aromatic rings. The Hall–Kier alpha value is -5.16. The van der Waals surface area contributed by atoms with Crippen LogP contribution in [0.25, 0.3) is 0 Å². The summed E-state index contributed by atoms with van der Waals surface area (Å²) in [5.74, 6) is 4.38. The monoisotopic (exact) mass is 1370 g/mol. The Morgan fingerprint density at radius 1 is 0.475 bits per heavy atom. The first kappa shape index (κ1) is 73.6. The molecular weight excluding hydrogens is 1250 g/mol. The highest BCUT2D eigenvalue weighted by Crippen LogP contribution is 2.73. The van der Waals surface area contributed by atoms with Gasteiger partial charge in [0.2, 0.25) is 0 Å². The molecule has 16 heteroatoms. The minimum atomic E-state index is -0.741. The number of nitrogens with two attached hydrogens (primary N) is 1. The second kappa shape index (κ2) is 27.8. The first-order valence-electron chi connectivity index (χ1n) is 38.7. The molecule has 0 aliphatic heterocycles. The van der Waals surface area contributed by atoms with E-state index in [0.717, 1.165) is 152 Å². The first-order valence-corrected chi connectivity index (χ1v) is 38.7. The number of carboxylic acid groups (broad SMARTS) is 1. The quantitative estimate of drug-likeness (QED) is 0.104. The van der Waals surface area contributed by atoms with Crippen molar-refractivity contribution in [2.45, 2.75) is 296 Å². The Kier molecular flexibility index (Phi) is 20.7. The summed E-state index contributed by atoms with van der Waals surface area (Å²) < 4.78 is 27.2. The lowest BCUT2D eigenvalue weighted by molar-refractivity contribution is -0.207. The van der Waals surface area contributed by atoms with Gasteiger partial charge in [0.15, 0.2) is 0 Å². The molecule has 11 fully saturated rings. The SMILES string of the molecule is CC(C)C(=O)O.CC(C)C(=O)O[C@H]1CC[C@@]2(C)[C@H](CC[C@@H]3[C@@H]2CC[C@]2(C)[C@@H](c4ccc(=O)oc4)CC[C@]32O)C1.C[C@@H](N)C(=O)O[C@H]1CC[C@@]2(C)[C@H](CC[C@H]3C4=CC[C@H](c5ccc(=O)oc5)[C@@]4(C)CC[C@@H]32)C1.C[C@]12CC[C@H](O)C[C@H]1CC[C@@H]1[C@@H]2CC[C@]2(C)[C@@H](c3ccc(=O)oc3)CC[C@]12O. The lowest BCUT2D eigenvalue weighted by atomic mass is 9.43. The van der Waals surface area contributed by atoms with E-state index in [1.165, 1.54) is 44.2 Å². The number of rotatable bonds is 8. The van der Waals surface area contributed by atoms with Gasteiger partial charge in [-0.3, -0.25) is 14.4 Å². The summed E-state index contributed by atoms with van der Waals surface area (Å²) in [7, 11) is 0. The van der Waals surface area contributed by atoms with Crippen LogP contribution in [0.3, 0.4) is 0 Å². The van der Waals surface area contributed by atoms with Gasteiger partial charge in [0.25, 0.3) is 0 Å². The summed E-state index contributed by atoms with van der Waals surface area (Å²) in [5.41, 5.74) is 9.04. The number of aliphatic carboxylic acids is 1. The van der Waals surface area contributed by atoms with Crippen molar-refractivity contribution in [3.05, 3.63) is 115 Å². The number of ether oxygens (including phenoxy) is 2. The maximum Gasteiger partial charge on any atom is 0.335 e. The second-order valence-electron chi connectivity index (χ2n) is 36.0. The molecule has 0 bridgehead atoms. The fourth-order valence-corrected chi connectivity index (χ4v) is 25.0. The van der Waals surface area contributed by atoms with Crippen LogP contribution in [0.5, 0.6) is 0 Å². The van der Waals surface area contributed by atoms with Crippen LogP contribution in [0.4, 0.5) is 0 Å². The Morgan fingerprint density at radius 3 is 1.32 bits per heavy atom. The van der Waals surface area contributed by atoms with Crippen LogP contribution >= 0.6 is 0 Å². The maximum atomic E-state index is 12.3. The lowest BCUT2D eigenvalue weighted by Crippen LogP contribution is -2.62. The largest absolute Gasteiger partial charge is 0.481 e. The average molecular weight is 1370 g/mol. The molecule has 0 aromatic carbocycles. The van der Waals surface area contributed by atoms with E-state index in [-0.39, 0.29) is 97.9 Å². The maximum absolute atomic E-state index is 12.3. The standard InChI is InChI=1S/C28H40O5.C27H37NO4.C24H34O4.C4H8O2/c1-17(2)25(30)33-20-9-12-26(3)19(15-20)6-7-23-22(26)10-13-27(4)21(11-14-28(23,27)31)18-5-8-24(29)32-16-18;1-16(28)25(30)32-19-10-12-26(2)18(14-19)5-6-20-22-8-7-21(17-4-9-24(29)31-15-17)27(22,3)13-11-23(20)26;1-22-10-7-17(25)13-16(22)4-5-20-19(22)8-11-23(2)18(9-12-24(20,23)27)15-3-6-21(26)28-14-15;1-3(2)4(5)6/h5,8,16-17,19-23,31H,6-7,9-15H2,1-4H3;4,8-9,15-16,18-21,23H,5-7,10-14,28H2,1-3H3;3,6,14,16-20,25,27H,4-5,7-13H2,1-2H3;3H,1-2H3,(H,5,6)/t19-,20+,21-,22+,23-,26+,27-,28+;16-,18-,19+,20+,21-,23+,26+,27-;16-,17+,18-,19+,20-,22+,23-,24+;/m111./s1. The van der Waals surface area contributed by atoms with E-state index in [1.807, 2.05) is 32.0 Å². The molecule has 546 valence electrons. The number of aliphatic hydroxyl groups is 3. The summed E-state index contributed by atoms with van der Waals surface area (Å²) >= 11 is 0. The second-order valence-corrected chi connectivity index (χ2v) is 36.0. The fourth-order valence-electron chi connectivity index (χ4n) is 25.0. The van der Waals surface area contributed by atoms with Crippen molar-refractivity contribution in [2.24, 2.45) is 103 Å². The van der Waals surface area contributed by atoms with Crippen molar-refractivity contribution in [1.82, 2.24) is 0 Å². The van der Waals surface area contributed by atoms with Gasteiger partial charge in [-0.2, -0.15) is 0 Å². The van der Waals surface area contributed by atoms with Crippen LogP contribution in [0, 0.1) is 97.6 Å². The van der Waals surface area contributed by atoms with Crippen molar-refractivity contribution >= 4 is 17.9 Å². The molecule has 11 saturated carbocycles. The van der Waals surface area contributed by atoms with E-state index in [4.69, 9.17) is 33.6 Å². The van der Waals surface area contributed by atoms with Gasteiger partial charge in [-0.1, -0.05) is 80.9 Å². The fraction of sp³-hybridized carbons (Fsp3) is 0.759. The van der Waals surface area contributed by atoms with Gasteiger partial charge in [0, 0.05) is 29.0 Å². The number of hydrogen-bond donors (Lipinski definition) is 5. The van der Waals surface area contributed by atoms with Crippen molar-refractivity contribution in [2.75, 3.05) is 0 Å². The van der Waals surface area contributed by atoms with Crippen LogP contribution in [0.15, 0.2) is 94.5 Å². The highest BCUT2D eigenvalue weighted by molar-refractivity contribution is 5.75. The molecule has 12 aliphatic carbocycles. The zero-order valence-electron chi connectivity index (χ0n) is 61.4. The molecule has 12 aliphatic rings. The third kappa shape index (κ3) is 13.0. The minimum Gasteiger partial charge on any atom is -0.481 e. The molecule has 0 saturated heterocycles. The average Bonchev–Trinajstić information content (AvgIpc) is 1.64. The zero-order valence-corrected chi connectivity index (χ0v) is 61.4. The molecule has 15 rings (SSSR count). The van der Waals surface area contributed by atoms with Gasteiger partial charge in [0.05, 0.1) is 47.9 Å². The Bertz CT molecular complexity index is 3580. The smallest absolute Gasteiger partial charge is 0.335 e. The summed E-state index contributed by atoms with van der Waals surface area (Å²) in [6.07, 6.45) is 34.6. The van der Waals surface area contributed by atoms with E-state index in [0.29, 0.717) is 64.6 Å². The number of esters is 2. The zero-order chi connectivity index (χ0) is 71.2. The van der Waals surface area contributed by atoms with Crippen molar-refractivity contribution in [1.29, 1.82) is 0 Å². The van der Waals surface area contributed by atoms with Crippen molar-refractivity contribution in [3.63, 3.8) is 0 Å². The molecule has 16 nitrogen and oxygen atoms in total. The molecule has 0 radical (unpaired) electrons. The number of aliphatic hydroxyl groups excluding tert-OH is 1. The molecule has 6 N–H and O–H groups in total. The van der Waals surface area contributed by atoms with Gasteiger partial charge < -0.3 is 48.9 Å². The first-order chi connectivity index (χ1) is 46.7. The van der Waals surface area contributed by atoms with Crippen LogP contribution in [-0.2, 0) is 23.9 Å².